The SMILES string of the molecule is Cc1ccc(C(C)n2c(C)cc(C(=O)C(C)Cl)c2C)o1. The molecule has 2 unspecified atom stereocenters. The van der Waals surface area contributed by atoms with Crippen LogP contribution in [-0.2, 0) is 0 Å². The Hall–Kier alpha value is -1.48. The lowest BCUT2D eigenvalue weighted by molar-refractivity contribution is 0.0991. The number of aryl methyl sites for hydroxylation is 2. The minimum absolute atomic E-state index is 0.0335. The first-order valence-electron chi connectivity index (χ1n) is 6.76. The number of carbonyl (C=O) groups excluding carboxylic acids is 1. The summed E-state index contributed by atoms with van der Waals surface area (Å²) in [5.74, 6) is 1.75. The van der Waals surface area contributed by atoms with Crippen molar-refractivity contribution in [2.24, 2.45) is 0 Å². The topological polar surface area (TPSA) is 35.1 Å². The maximum Gasteiger partial charge on any atom is 0.182 e. The van der Waals surface area contributed by atoms with Crippen LogP contribution in [0.3, 0.4) is 0 Å². The third-order valence-electron chi connectivity index (χ3n) is 3.67. The van der Waals surface area contributed by atoms with Gasteiger partial charge in [-0.1, -0.05) is 0 Å². The molecule has 20 heavy (non-hydrogen) atoms. The second-order valence-electron chi connectivity index (χ2n) is 5.26. The summed E-state index contributed by atoms with van der Waals surface area (Å²) in [6.45, 7) is 9.64. The fourth-order valence-corrected chi connectivity index (χ4v) is 2.76. The Bertz CT molecular complexity index is 637. The standard InChI is InChI=1S/C16H20ClNO2/c1-9-8-14(16(19)11(3)17)12(4)18(9)13(5)15-7-6-10(2)20-15/h6-8,11,13H,1-5H3. The maximum atomic E-state index is 12.1. The van der Waals surface area contributed by atoms with Crippen LogP contribution in [0.5, 0.6) is 0 Å². The van der Waals surface area contributed by atoms with Gasteiger partial charge in [0.2, 0.25) is 0 Å². The van der Waals surface area contributed by atoms with Gasteiger partial charge in [0.25, 0.3) is 0 Å². The largest absolute Gasteiger partial charge is 0.464 e. The van der Waals surface area contributed by atoms with E-state index in [4.69, 9.17) is 16.0 Å². The lowest BCUT2D eigenvalue weighted by Gasteiger charge is -2.16. The molecule has 2 aromatic heterocycles. The molecule has 0 N–H and O–H groups in total. The average molecular weight is 294 g/mol. The number of aromatic nitrogens is 1. The van der Waals surface area contributed by atoms with E-state index in [0.717, 1.165) is 22.9 Å². The van der Waals surface area contributed by atoms with E-state index in [9.17, 15) is 4.79 Å². The third-order valence-corrected chi connectivity index (χ3v) is 3.87. The summed E-state index contributed by atoms with van der Waals surface area (Å²) in [4.78, 5) is 12.1. The summed E-state index contributed by atoms with van der Waals surface area (Å²) in [6.07, 6.45) is 0. The van der Waals surface area contributed by atoms with Crippen molar-refractivity contribution in [1.29, 1.82) is 0 Å². The molecule has 0 amide bonds. The van der Waals surface area contributed by atoms with Crippen LogP contribution in [-0.4, -0.2) is 15.7 Å². The van der Waals surface area contributed by atoms with E-state index in [2.05, 4.69) is 11.5 Å². The van der Waals surface area contributed by atoms with Gasteiger partial charge in [-0.2, -0.15) is 0 Å². The third kappa shape index (κ3) is 2.55. The van der Waals surface area contributed by atoms with Crippen molar-refractivity contribution in [3.63, 3.8) is 0 Å². The lowest BCUT2D eigenvalue weighted by atomic mass is 10.1. The highest BCUT2D eigenvalue weighted by atomic mass is 35.5. The number of hydrogen-bond donors (Lipinski definition) is 0. The fraction of sp³-hybridized carbons (Fsp3) is 0.438. The van der Waals surface area contributed by atoms with Crippen molar-refractivity contribution in [3.8, 4) is 0 Å². The number of furan rings is 1. The van der Waals surface area contributed by atoms with Gasteiger partial charge in [-0.25, -0.2) is 0 Å². The van der Waals surface area contributed by atoms with Crippen LogP contribution < -0.4 is 0 Å². The quantitative estimate of drug-likeness (QED) is 0.617. The Balaban J connectivity index is 2.45. The molecule has 0 radical (unpaired) electrons. The molecule has 2 atom stereocenters. The van der Waals surface area contributed by atoms with Crippen molar-refractivity contribution in [1.82, 2.24) is 4.57 Å². The molecule has 2 rings (SSSR count). The molecule has 0 saturated heterocycles. The first-order valence-corrected chi connectivity index (χ1v) is 7.19. The highest BCUT2D eigenvalue weighted by molar-refractivity contribution is 6.33. The summed E-state index contributed by atoms with van der Waals surface area (Å²) in [5.41, 5.74) is 2.66. The van der Waals surface area contributed by atoms with Crippen LogP contribution in [0, 0.1) is 20.8 Å². The van der Waals surface area contributed by atoms with Gasteiger partial charge in [0.1, 0.15) is 11.5 Å². The van der Waals surface area contributed by atoms with Crippen LogP contribution in [0.2, 0.25) is 0 Å². The first-order chi connectivity index (χ1) is 9.32. The van der Waals surface area contributed by atoms with E-state index in [0.29, 0.717) is 5.56 Å². The Kier molecular flexibility index (Phi) is 4.09. The van der Waals surface area contributed by atoms with Gasteiger partial charge in [-0.3, -0.25) is 4.79 Å². The second kappa shape index (κ2) is 5.49. The molecule has 2 heterocycles. The molecule has 0 saturated carbocycles. The Morgan fingerprint density at radius 1 is 1.25 bits per heavy atom. The number of Topliss-reactive ketones (excluding diaryl/α,β-unsaturated/α-hetero) is 1. The molecule has 108 valence electrons. The minimum atomic E-state index is -0.509. The summed E-state index contributed by atoms with van der Waals surface area (Å²) >= 11 is 5.92. The number of halogens is 1. The van der Waals surface area contributed by atoms with E-state index < -0.39 is 5.38 Å². The van der Waals surface area contributed by atoms with Crippen LogP contribution in [0.15, 0.2) is 22.6 Å². The molecule has 0 aromatic carbocycles. The zero-order valence-corrected chi connectivity index (χ0v) is 13.3. The van der Waals surface area contributed by atoms with Crippen molar-refractivity contribution in [2.75, 3.05) is 0 Å². The molecule has 2 aromatic rings. The fourth-order valence-electron chi connectivity index (χ4n) is 2.64. The number of ketones is 1. The molecule has 0 aliphatic heterocycles. The monoisotopic (exact) mass is 293 g/mol. The Morgan fingerprint density at radius 3 is 2.40 bits per heavy atom. The van der Waals surface area contributed by atoms with Gasteiger partial charge in [0.15, 0.2) is 5.78 Å². The van der Waals surface area contributed by atoms with Gasteiger partial charge in [-0.15, -0.1) is 11.6 Å². The second-order valence-corrected chi connectivity index (χ2v) is 5.91. The van der Waals surface area contributed by atoms with Crippen molar-refractivity contribution >= 4 is 17.4 Å². The zero-order valence-electron chi connectivity index (χ0n) is 12.5. The Morgan fingerprint density at radius 2 is 1.90 bits per heavy atom. The molecule has 0 aliphatic carbocycles. The van der Waals surface area contributed by atoms with Crippen LogP contribution in [0.4, 0.5) is 0 Å². The van der Waals surface area contributed by atoms with Crippen molar-refractivity contribution < 1.29 is 9.21 Å². The molecule has 3 nitrogen and oxygen atoms in total. The summed E-state index contributed by atoms with van der Waals surface area (Å²) in [7, 11) is 0. The van der Waals surface area contributed by atoms with Crippen LogP contribution >= 0.6 is 11.6 Å². The number of carbonyl (C=O) groups is 1. The highest BCUT2D eigenvalue weighted by Crippen LogP contribution is 2.27. The van der Waals surface area contributed by atoms with Crippen LogP contribution in [0.1, 0.15) is 53.2 Å². The van der Waals surface area contributed by atoms with Crippen molar-refractivity contribution in [3.05, 3.63) is 46.7 Å². The van der Waals surface area contributed by atoms with Gasteiger partial charge < -0.3 is 8.98 Å². The average Bonchev–Trinajstić information content (AvgIpc) is 2.92. The van der Waals surface area contributed by atoms with Gasteiger partial charge in [-0.05, 0) is 52.8 Å². The van der Waals surface area contributed by atoms with E-state index >= 15 is 0 Å². The predicted molar refractivity (Wildman–Crippen MR) is 80.8 cm³/mol. The molecule has 0 spiro atoms. The number of nitrogens with zero attached hydrogens (tertiary/aromatic N) is 1. The van der Waals surface area contributed by atoms with E-state index in [1.54, 1.807) is 6.92 Å². The smallest absolute Gasteiger partial charge is 0.182 e. The lowest BCUT2D eigenvalue weighted by Crippen LogP contribution is -2.14. The molecular formula is C16H20ClNO2. The molecule has 0 fully saturated rings. The summed E-state index contributed by atoms with van der Waals surface area (Å²) in [5, 5.41) is -0.509. The summed E-state index contributed by atoms with van der Waals surface area (Å²) in [6, 6.07) is 5.89. The van der Waals surface area contributed by atoms with E-state index in [1.165, 1.54) is 0 Å². The summed E-state index contributed by atoms with van der Waals surface area (Å²) < 4.78 is 7.81. The maximum absolute atomic E-state index is 12.1. The van der Waals surface area contributed by atoms with Gasteiger partial charge >= 0.3 is 0 Å². The molecule has 0 bridgehead atoms. The predicted octanol–water partition coefficient (Wildman–Crippen LogP) is 4.43. The minimum Gasteiger partial charge on any atom is -0.464 e. The molecule has 0 aliphatic rings. The van der Waals surface area contributed by atoms with Crippen molar-refractivity contribution in [2.45, 2.75) is 46.0 Å². The highest BCUT2D eigenvalue weighted by Gasteiger charge is 2.23. The first kappa shape index (κ1) is 14.9. The van der Waals surface area contributed by atoms with Gasteiger partial charge in [0.05, 0.1) is 11.4 Å². The zero-order chi connectivity index (χ0) is 15.0. The van der Waals surface area contributed by atoms with Gasteiger partial charge in [0, 0.05) is 17.0 Å². The van der Waals surface area contributed by atoms with E-state index in [-0.39, 0.29) is 11.8 Å². The van der Waals surface area contributed by atoms with Crippen LogP contribution in [0.25, 0.3) is 0 Å². The normalized spacial score (nSPS) is 14.3. The molecule has 4 heteroatoms. The Labute approximate surface area is 124 Å². The molecular weight excluding hydrogens is 274 g/mol. The van der Waals surface area contributed by atoms with E-state index in [1.807, 2.05) is 39.0 Å². The number of alkyl halides is 1. The number of hydrogen-bond acceptors (Lipinski definition) is 2. The number of rotatable bonds is 4.